The van der Waals surface area contributed by atoms with Crippen molar-refractivity contribution >= 4 is 11.8 Å². The average molecular weight is 286 g/mol. The van der Waals surface area contributed by atoms with Gasteiger partial charge in [-0.3, -0.25) is 5.32 Å². The summed E-state index contributed by atoms with van der Waals surface area (Å²) < 4.78 is 36.5. The van der Waals surface area contributed by atoms with Gasteiger partial charge >= 0.3 is 5.51 Å². The smallest absolute Gasteiger partial charge is 0.298 e. The number of hydrogen-bond acceptors (Lipinski definition) is 3. The first-order chi connectivity index (χ1) is 8.98. The van der Waals surface area contributed by atoms with Crippen LogP contribution in [0.4, 0.5) is 13.2 Å². The lowest BCUT2D eigenvalue weighted by atomic mass is 10.1. The summed E-state index contributed by atoms with van der Waals surface area (Å²) in [6, 6.07) is 7.62. The number of hydrogen-bond donors (Lipinski definition) is 1. The van der Waals surface area contributed by atoms with Crippen LogP contribution in [0.15, 0.2) is 29.2 Å². The molecular weight excluding hydrogens is 273 g/mol. The summed E-state index contributed by atoms with van der Waals surface area (Å²) in [7, 11) is 0. The zero-order valence-corrected chi connectivity index (χ0v) is 10.9. The molecule has 2 nitrogen and oxygen atoms in total. The number of nitrogens with one attached hydrogen (secondary N) is 1. The van der Waals surface area contributed by atoms with Gasteiger partial charge in [0.1, 0.15) is 6.04 Å². The van der Waals surface area contributed by atoms with Crippen LogP contribution in [0.25, 0.3) is 0 Å². The summed E-state index contributed by atoms with van der Waals surface area (Å²) in [5.74, 6) is 0.649. The summed E-state index contributed by atoms with van der Waals surface area (Å²) in [6.07, 6.45) is 2.37. The first-order valence-electron chi connectivity index (χ1n) is 5.96. The maximum absolute atomic E-state index is 12.2. The molecule has 0 radical (unpaired) electrons. The number of benzene rings is 1. The fourth-order valence-corrected chi connectivity index (χ4v) is 2.25. The molecule has 19 heavy (non-hydrogen) atoms. The molecule has 0 saturated heterocycles. The minimum atomic E-state index is -4.28. The Balaban J connectivity index is 1.97. The van der Waals surface area contributed by atoms with Gasteiger partial charge in [-0.15, -0.1) is 0 Å². The third-order valence-electron chi connectivity index (χ3n) is 2.88. The van der Waals surface area contributed by atoms with E-state index in [9.17, 15) is 13.2 Å². The largest absolute Gasteiger partial charge is 0.446 e. The highest BCUT2D eigenvalue weighted by atomic mass is 32.2. The molecule has 1 aromatic rings. The molecule has 102 valence electrons. The van der Waals surface area contributed by atoms with E-state index in [1.54, 1.807) is 12.1 Å². The highest BCUT2D eigenvalue weighted by molar-refractivity contribution is 8.00. The molecule has 0 aliphatic heterocycles. The van der Waals surface area contributed by atoms with Gasteiger partial charge in [-0.1, -0.05) is 12.1 Å². The van der Waals surface area contributed by atoms with Crippen LogP contribution in [0.1, 0.15) is 24.4 Å². The van der Waals surface area contributed by atoms with Gasteiger partial charge in [0.25, 0.3) is 0 Å². The lowest BCUT2D eigenvalue weighted by molar-refractivity contribution is -0.0328. The molecule has 0 aromatic heterocycles. The second kappa shape index (κ2) is 5.85. The van der Waals surface area contributed by atoms with E-state index >= 15 is 0 Å². The van der Waals surface area contributed by atoms with Crippen LogP contribution in [0.3, 0.4) is 0 Å². The van der Waals surface area contributed by atoms with Gasteiger partial charge in [0.05, 0.1) is 6.07 Å². The third kappa shape index (κ3) is 4.77. The average Bonchev–Trinajstić information content (AvgIpc) is 3.14. The van der Waals surface area contributed by atoms with Crippen molar-refractivity contribution < 1.29 is 13.2 Å². The Hall–Kier alpha value is -1.19. The Morgan fingerprint density at radius 2 is 1.95 bits per heavy atom. The molecule has 1 aliphatic rings. The Kier molecular flexibility index (Phi) is 4.38. The zero-order chi connectivity index (χ0) is 13.9. The predicted octanol–water partition coefficient (Wildman–Crippen LogP) is 3.86. The van der Waals surface area contributed by atoms with Crippen molar-refractivity contribution in [3.63, 3.8) is 0 Å². The summed E-state index contributed by atoms with van der Waals surface area (Å²) in [6.45, 7) is 0.789. The maximum Gasteiger partial charge on any atom is 0.446 e. The van der Waals surface area contributed by atoms with Crippen LogP contribution in [0.2, 0.25) is 0 Å². The Morgan fingerprint density at radius 3 is 2.42 bits per heavy atom. The number of nitrogens with zero attached hydrogens (tertiary/aromatic N) is 1. The molecular formula is C13H13F3N2S. The molecule has 1 saturated carbocycles. The standard InChI is InChI=1S/C13H13F3N2S/c14-13(15,16)19-11-5-3-10(4-6-11)12(7-17)18-8-9-1-2-9/h3-6,9,12,18H,1-2,8H2. The first-order valence-corrected chi connectivity index (χ1v) is 6.78. The highest BCUT2D eigenvalue weighted by Crippen LogP contribution is 2.37. The maximum atomic E-state index is 12.2. The molecule has 1 aromatic carbocycles. The van der Waals surface area contributed by atoms with Crippen molar-refractivity contribution in [2.45, 2.75) is 29.3 Å². The van der Waals surface area contributed by atoms with E-state index in [2.05, 4.69) is 11.4 Å². The fraction of sp³-hybridized carbons (Fsp3) is 0.462. The fourth-order valence-electron chi connectivity index (χ4n) is 1.71. The molecule has 6 heteroatoms. The van der Waals surface area contributed by atoms with Crippen molar-refractivity contribution in [1.29, 1.82) is 5.26 Å². The summed E-state index contributed by atoms with van der Waals surface area (Å²) in [4.78, 5) is 0.134. The Labute approximate surface area is 114 Å². The molecule has 1 atom stereocenters. The van der Waals surface area contributed by atoms with Gasteiger partial charge in [-0.2, -0.15) is 18.4 Å². The molecule has 1 N–H and O–H groups in total. The molecule has 0 amide bonds. The van der Waals surface area contributed by atoms with E-state index in [-0.39, 0.29) is 16.7 Å². The van der Waals surface area contributed by atoms with Gasteiger partial charge in [0.15, 0.2) is 0 Å². The molecule has 0 heterocycles. The molecule has 2 rings (SSSR count). The van der Waals surface area contributed by atoms with Crippen LogP contribution < -0.4 is 5.32 Å². The summed E-state index contributed by atoms with van der Waals surface area (Å²) in [5, 5.41) is 12.2. The number of alkyl halides is 3. The molecule has 1 fully saturated rings. The van der Waals surface area contributed by atoms with Crippen molar-refractivity contribution in [2.24, 2.45) is 5.92 Å². The van der Waals surface area contributed by atoms with Crippen molar-refractivity contribution in [2.75, 3.05) is 6.54 Å². The minimum Gasteiger partial charge on any atom is -0.298 e. The molecule has 1 aliphatic carbocycles. The highest BCUT2D eigenvalue weighted by Gasteiger charge is 2.29. The lowest BCUT2D eigenvalue weighted by Crippen LogP contribution is -2.22. The van der Waals surface area contributed by atoms with E-state index in [1.165, 1.54) is 25.0 Å². The van der Waals surface area contributed by atoms with Gasteiger partial charge in [-0.05, 0) is 54.8 Å². The lowest BCUT2D eigenvalue weighted by Gasteiger charge is -2.12. The zero-order valence-electron chi connectivity index (χ0n) is 10.1. The van der Waals surface area contributed by atoms with E-state index < -0.39 is 11.6 Å². The topological polar surface area (TPSA) is 35.8 Å². The molecule has 0 bridgehead atoms. The molecule has 0 spiro atoms. The number of thioether (sulfide) groups is 1. The first kappa shape index (κ1) is 14.2. The van der Waals surface area contributed by atoms with Gasteiger partial charge in [0.2, 0.25) is 0 Å². The summed E-state index contributed by atoms with van der Waals surface area (Å²) >= 11 is -0.146. The second-order valence-electron chi connectivity index (χ2n) is 4.53. The Bertz CT molecular complexity index is 460. The predicted molar refractivity (Wildman–Crippen MR) is 67.4 cm³/mol. The van der Waals surface area contributed by atoms with Gasteiger partial charge in [0, 0.05) is 4.90 Å². The number of halogens is 3. The van der Waals surface area contributed by atoms with Crippen molar-refractivity contribution in [3.05, 3.63) is 29.8 Å². The Morgan fingerprint density at radius 1 is 1.32 bits per heavy atom. The third-order valence-corrected chi connectivity index (χ3v) is 3.62. The quantitative estimate of drug-likeness (QED) is 0.835. The second-order valence-corrected chi connectivity index (χ2v) is 5.67. The van der Waals surface area contributed by atoms with Crippen LogP contribution >= 0.6 is 11.8 Å². The van der Waals surface area contributed by atoms with E-state index in [4.69, 9.17) is 5.26 Å². The van der Waals surface area contributed by atoms with Crippen molar-refractivity contribution in [1.82, 2.24) is 5.32 Å². The van der Waals surface area contributed by atoms with Crippen LogP contribution in [0.5, 0.6) is 0 Å². The monoisotopic (exact) mass is 286 g/mol. The number of rotatable bonds is 5. The van der Waals surface area contributed by atoms with Crippen LogP contribution in [0, 0.1) is 17.2 Å². The normalized spacial score (nSPS) is 16.9. The van der Waals surface area contributed by atoms with Crippen molar-refractivity contribution in [3.8, 4) is 6.07 Å². The van der Waals surface area contributed by atoms with Crippen LogP contribution in [-0.2, 0) is 0 Å². The van der Waals surface area contributed by atoms with Crippen LogP contribution in [-0.4, -0.2) is 12.1 Å². The summed E-state index contributed by atoms with van der Waals surface area (Å²) in [5.41, 5.74) is -3.57. The van der Waals surface area contributed by atoms with Gasteiger partial charge in [-0.25, -0.2) is 0 Å². The van der Waals surface area contributed by atoms with E-state index in [0.29, 0.717) is 11.5 Å². The molecule has 1 unspecified atom stereocenters. The van der Waals surface area contributed by atoms with Gasteiger partial charge < -0.3 is 0 Å². The number of nitriles is 1. The van der Waals surface area contributed by atoms with E-state index in [0.717, 1.165) is 6.54 Å². The van der Waals surface area contributed by atoms with E-state index in [1.807, 2.05) is 0 Å². The SMILES string of the molecule is N#CC(NCC1CC1)c1ccc(SC(F)(F)F)cc1. The minimum absolute atomic E-state index is 0.134.